The average Bonchev–Trinajstić information content (AvgIpc) is 2.73. The van der Waals surface area contributed by atoms with E-state index in [2.05, 4.69) is 9.97 Å². The van der Waals surface area contributed by atoms with Gasteiger partial charge in [-0.1, -0.05) is 0 Å². The summed E-state index contributed by atoms with van der Waals surface area (Å²) in [7, 11) is 1.48. The number of ether oxygens (including phenoxy) is 1. The fraction of sp³-hybridized carbons (Fsp3) is 0.318. The number of aromatic hydroxyl groups is 1. The highest BCUT2D eigenvalue weighted by Gasteiger charge is 2.31. The van der Waals surface area contributed by atoms with Crippen LogP contribution in [0, 0.1) is 6.92 Å². The molecule has 3 N–H and O–H groups in total. The number of carbonyl (C=O) groups excluding carboxylic acids is 1. The van der Waals surface area contributed by atoms with Gasteiger partial charge in [0.25, 0.3) is 5.91 Å². The lowest BCUT2D eigenvalue weighted by atomic mass is 10.1. The Labute approximate surface area is 182 Å². The lowest BCUT2D eigenvalue weighted by molar-refractivity contribution is -0.137. The molecule has 10 heteroatoms. The van der Waals surface area contributed by atoms with E-state index < -0.39 is 17.6 Å². The highest BCUT2D eigenvalue weighted by molar-refractivity contribution is 6.01. The van der Waals surface area contributed by atoms with Crippen LogP contribution in [0.15, 0.2) is 36.5 Å². The maximum Gasteiger partial charge on any atom is 0.417 e. The number of phenolic OH excluding ortho intramolecular Hbond substituents is 1. The number of aryl methyl sites for hydroxylation is 1. The minimum atomic E-state index is -4.50. The van der Waals surface area contributed by atoms with E-state index in [9.17, 15) is 23.1 Å². The topological polar surface area (TPSA) is 102 Å². The number of hydrogen-bond donors (Lipinski definition) is 2. The number of methoxy groups -OCH3 is 1. The number of anilines is 1. The molecule has 1 amide bonds. The number of fused-ring (bicyclic) bond motifs is 1. The van der Waals surface area contributed by atoms with Crippen LogP contribution in [0.4, 0.5) is 19.0 Å². The standard InChI is InChI=1S/C22H23F3N4O3/c1-12-6-14-7-17(19(30)8-18(14)28-20(12)26)21(31)29(10-13(2)32-3)11-16-5-4-15(9-27-16)22(23,24)25/h4-9,13,30H,10-11H2,1-3H3,(H2,26,28). The minimum absolute atomic E-state index is 0.0266. The number of nitrogens with two attached hydrogens (primary N) is 1. The molecule has 0 bridgehead atoms. The monoisotopic (exact) mass is 448 g/mol. The number of nitrogen functional groups attached to an aromatic ring is 1. The summed E-state index contributed by atoms with van der Waals surface area (Å²) >= 11 is 0. The van der Waals surface area contributed by atoms with E-state index in [1.54, 1.807) is 19.9 Å². The molecule has 2 heterocycles. The van der Waals surface area contributed by atoms with Gasteiger partial charge in [0.1, 0.15) is 11.6 Å². The SMILES string of the molecule is COC(C)CN(Cc1ccc(C(F)(F)F)cn1)C(=O)c1cc2cc(C)c(N)nc2cc1O. The second kappa shape index (κ2) is 8.99. The van der Waals surface area contributed by atoms with Crippen molar-refractivity contribution in [1.29, 1.82) is 0 Å². The highest BCUT2D eigenvalue weighted by atomic mass is 19.4. The quantitative estimate of drug-likeness (QED) is 0.593. The zero-order chi connectivity index (χ0) is 23.6. The Morgan fingerprint density at radius 1 is 1.28 bits per heavy atom. The Hall–Kier alpha value is -3.40. The maximum absolute atomic E-state index is 13.3. The smallest absolute Gasteiger partial charge is 0.417 e. The summed E-state index contributed by atoms with van der Waals surface area (Å²) in [5.74, 6) is -0.488. The Kier molecular flexibility index (Phi) is 6.54. The number of phenols is 1. The summed E-state index contributed by atoms with van der Waals surface area (Å²) in [6, 6.07) is 6.76. The Bertz CT molecular complexity index is 1130. The number of pyridine rings is 2. The van der Waals surface area contributed by atoms with Crippen LogP contribution in [0.2, 0.25) is 0 Å². The molecule has 7 nitrogen and oxygen atoms in total. The van der Waals surface area contributed by atoms with Crippen LogP contribution in [-0.2, 0) is 17.5 Å². The highest BCUT2D eigenvalue weighted by Crippen LogP contribution is 2.30. The summed E-state index contributed by atoms with van der Waals surface area (Å²) in [6.07, 6.45) is -4.14. The Morgan fingerprint density at radius 3 is 2.59 bits per heavy atom. The molecule has 0 aliphatic carbocycles. The number of rotatable bonds is 6. The number of alkyl halides is 3. The van der Waals surface area contributed by atoms with Gasteiger partial charge in [-0.3, -0.25) is 9.78 Å². The fourth-order valence-corrected chi connectivity index (χ4v) is 3.16. The van der Waals surface area contributed by atoms with Gasteiger partial charge >= 0.3 is 6.18 Å². The number of aromatic nitrogens is 2. The van der Waals surface area contributed by atoms with Crippen molar-refractivity contribution in [2.45, 2.75) is 32.7 Å². The molecule has 0 spiro atoms. The second-order valence-electron chi connectivity index (χ2n) is 7.52. The van der Waals surface area contributed by atoms with Gasteiger partial charge < -0.3 is 20.5 Å². The summed E-state index contributed by atoms with van der Waals surface area (Å²) < 4.78 is 43.7. The van der Waals surface area contributed by atoms with Crippen LogP contribution in [0.5, 0.6) is 5.75 Å². The molecule has 32 heavy (non-hydrogen) atoms. The molecule has 3 aromatic rings. The van der Waals surface area contributed by atoms with Crippen molar-refractivity contribution in [3.8, 4) is 5.75 Å². The predicted octanol–water partition coefficient (Wildman–Crippen LogP) is 3.92. The zero-order valence-corrected chi connectivity index (χ0v) is 17.8. The van der Waals surface area contributed by atoms with Crippen LogP contribution in [0.1, 0.15) is 34.1 Å². The lowest BCUT2D eigenvalue weighted by Crippen LogP contribution is -2.37. The number of benzene rings is 1. The van der Waals surface area contributed by atoms with E-state index in [1.807, 2.05) is 0 Å². The van der Waals surface area contributed by atoms with Gasteiger partial charge in [-0.2, -0.15) is 13.2 Å². The molecule has 1 aromatic carbocycles. The maximum atomic E-state index is 13.3. The molecule has 1 unspecified atom stereocenters. The minimum Gasteiger partial charge on any atom is -0.507 e. The summed E-state index contributed by atoms with van der Waals surface area (Å²) in [6.45, 7) is 3.59. The van der Waals surface area contributed by atoms with E-state index in [4.69, 9.17) is 10.5 Å². The van der Waals surface area contributed by atoms with Crippen LogP contribution < -0.4 is 5.73 Å². The number of amides is 1. The molecule has 0 saturated carbocycles. The number of hydrogen-bond acceptors (Lipinski definition) is 6. The van der Waals surface area contributed by atoms with Gasteiger partial charge in [0, 0.05) is 31.3 Å². The van der Waals surface area contributed by atoms with Crippen LogP contribution in [0.25, 0.3) is 10.9 Å². The van der Waals surface area contributed by atoms with Crippen molar-refractivity contribution in [3.63, 3.8) is 0 Å². The van der Waals surface area contributed by atoms with E-state index in [0.717, 1.165) is 17.8 Å². The van der Waals surface area contributed by atoms with Crippen molar-refractivity contribution in [2.75, 3.05) is 19.4 Å². The number of carbonyl (C=O) groups is 1. The Morgan fingerprint density at radius 2 is 2.00 bits per heavy atom. The first-order chi connectivity index (χ1) is 15.0. The molecule has 3 rings (SSSR count). The van der Waals surface area contributed by atoms with E-state index in [-0.39, 0.29) is 36.2 Å². The molecule has 1 atom stereocenters. The molecule has 0 fully saturated rings. The first kappa shape index (κ1) is 23.3. The van der Waals surface area contributed by atoms with E-state index in [0.29, 0.717) is 16.7 Å². The summed E-state index contributed by atoms with van der Waals surface area (Å²) in [5.41, 5.74) is 6.39. The van der Waals surface area contributed by atoms with Crippen molar-refractivity contribution >= 4 is 22.6 Å². The van der Waals surface area contributed by atoms with Crippen LogP contribution in [0.3, 0.4) is 0 Å². The van der Waals surface area contributed by atoms with Crippen molar-refractivity contribution in [1.82, 2.24) is 14.9 Å². The fourth-order valence-electron chi connectivity index (χ4n) is 3.16. The number of halogens is 3. The molecule has 2 aromatic heterocycles. The van der Waals surface area contributed by atoms with Crippen LogP contribution >= 0.6 is 0 Å². The molecule has 170 valence electrons. The van der Waals surface area contributed by atoms with Crippen molar-refractivity contribution in [3.05, 3.63) is 58.9 Å². The third-order valence-corrected chi connectivity index (χ3v) is 5.06. The van der Waals surface area contributed by atoms with Gasteiger partial charge in [0.15, 0.2) is 0 Å². The van der Waals surface area contributed by atoms with Gasteiger partial charge in [-0.25, -0.2) is 4.98 Å². The summed E-state index contributed by atoms with van der Waals surface area (Å²) in [5, 5.41) is 11.1. The molecular formula is C22H23F3N4O3. The van der Waals surface area contributed by atoms with Crippen molar-refractivity contribution in [2.24, 2.45) is 0 Å². The van der Waals surface area contributed by atoms with Crippen LogP contribution in [-0.4, -0.2) is 45.6 Å². The largest absolute Gasteiger partial charge is 0.507 e. The van der Waals surface area contributed by atoms with Gasteiger partial charge in [0.05, 0.1) is 35.0 Å². The second-order valence-corrected chi connectivity index (χ2v) is 7.52. The Balaban J connectivity index is 1.95. The van der Waals surface area contributed by atoms with E-state index in [1.165, 1.54) is 30.2 Å². The van der Waals surface area contributed by atoms with Gasteiger partial charge in [-0.15, -0.1) is 0 Å². The predicted molar refractivity (Wildman–Crippen MR) is 113 cm³/mol. The molecular weight excluding hydrogens is 425 g/mol. The van der Waals surface area contributed by atoms with Gasteiger partial charge in [0.2, 0.25) is 0 Å². The first-order valence-electron chi connectivity index (χ1n) is 9.73. The lowest BCUT2D eigenvalue weighted by Gasteiger charge is -2.26. The molecule has 0 aliphatic rings. The van der Waals surface area contributed by atoms with Crippen molar-refractivity contribution < 1.29 is 27.8 Å². The van der Waals surface area contributed by atoms with Gasteiger partial charge in [-0.05, 0) is 43.7 Å². The first-order valence-corrected chi connectivity index (χ1v) is 9.73. The molecule has 0 radical (unpaired) electrons. The third kappa shape index (κ3) is 5.08. The third-order valence-electron chi connectivity index (χ3n) is 5.06. The zero-order valence-electron chi connectivity index (χ0n) is 17.8. The average molecular weight is 448 g/mol. The number of nitrogens with zero attached hydrogens (tertiary/aromatic N) is 3. The molecule has 0 saturated heterocycles. The normalized spacial score (nSPS) is 12.7. The molecule has 0 aliphatic heterocycles. The summed E-state index contributed by atoms with van der Waals surface area (Å²) in [4.78, 5) is 22.7. The van der Waals surface area contributed by atoms with E-state index >= 15 is 0 Å².